The molecule has 1 aromatic rings. The highest BCUT2D eigenvalue weighted by atomic mass is 16.3. The van der Waals surface area contributed by atoms with Crippen LogP contribution in [0.5, 0.6) is 0 Å². The van der Waals surface area contributed by atoms with Gasteiger partial charge in [-0.2, -0.15) is 0 Å². The summed E-state index contributed by atoms with van der Waals surface area (Å²) in [6.45, 7) is 1.74. The van der Waals surface area contributed by atoms with E-state index < -0.39 is 0 Å². The smallest absolute Gasteiger partial charge is 0.0700 e. The monoisotopic (exact) mass is 153 g/mol. The van der Waals surface area contributed by atoms with Crippen molar-refractivity contribution in [1.82, 2.24) is 4.98 Å². The maximum absolute atomic E-state index is 8.84. The number of aryl methyl sites for hydroxylation is 1. The van der Waals surface area contributed by atoms with Crippen LogP contribution in [-0.4, -0.2) is 15.2 Å². The SMILES string of the molecule is Cc1cc(CO)c(CO)cn1. The molecule has 1 aromatic heterocycles. The van der Waals surface area contributed by atoms with Crippen LogP contribution in [0.1, 0.15) is 16.8 Å². The molecule has 0 atom stereocenters. The summed E-state index contributed by atoms with van der Waals surface area (Å²) in [6, 6.07) is 1.77. The lowest BCUT2D eigenvalue weighted by molar-refractivity contribution is 0.259. The Morgan fingerprint density at radius 2 is 1.91 bits per heavy atom. The van der Waals surface area contributed by atoms with E-state index in [1.165, 1.54) is 0 Å². The van der Waals surface area contributed by atoms with Crippen molar-refractivity contribution < 1.29 is 10.2 Å². The quantitative estimate of drug-likeness (QED) is 0.645. The van der Waals surface area contributed by atoms with Gasteiger partial charge in [0.05, 0.1) is 13.2 Å². The maximum atomic E-state index is 8.84. The predicted molar refractivity (Wildman–Crippen MR) is 40.8 cm³/mol. The number of aliphatic hydroxyl groups excluding tert-OH is 2. The number of nitrogens with zero attached hydrogens (tertiary/aromatic N) is 1. The Hall–Kier alpha value is -0.930. The molecule has 60 valence electrons. The topological polar surface area (TPSA) is 53.4 Å². The zero-order valence-electron chi connectivity index (χ0n) is 6.41. The molecule has 0 aliphatic rings. The minimum atomic E-state index is -0.0663. The molecule has 1 heterocycles. The minimum Gasteiger partial charge on any atom is -0.392 e. The molecule has 0 unspecified atom stereocenters. The number of hydrogen-bond acceptors (Lipinski definition) is 3. The van der Waals surface area contributed by atoms with Crippen LogP contribution in [0, 0.1) is 6.92 Å². The van der Waals surface area contributed by atoms with Crippen LogP contribution in [-0.2, 0) is 13.2 Å². The lowest BCUT2D eigenvalue weighted by Crippen LogP contribution is -1.96. The Bertz CT molecular complexity index is 248. The third kappa shape index (κ3) is 1.76. The molecule has 0 saturated heterocycles. The molecule has 0 radical (unpaired) electrons. The van der Waals surface area contributed by atoms with Gasteiger partial charge >= 0.3 is 0 Å². The van der Waals surface area contributed by atoms with E-state index >= 15 is 0 Å². The lowest BCUT2D eigenvalue weighted by Gasteiger charge is -2.03. The first-order valence-electron chi connectivity index (χ1n) is 3.44. The molecule has 2 N–H and O–H groups in total. The van der Waals surface area contributed by atoms with Crippen molar-refractivity contribution >= 4 is 0 Å². The minimum absolute atomic E-state index is 0.0424. The van der Waals surface area contributed by atoms with Crippen molar-refractivity contribution in [3.63, 3.8) is 0 Å². The summed E-state index contributed by atoms with van der Waals surface area (Å²) in [7, 11) is 0. The van der Waals surface area contributed by atoms with Gasteiger partial charge in [0.1, 0.15) is 0 Å². The van der Waals surface area contributed by atoms with Crippen LogP contribution >= 0.6 is 0 Å². The van der Waals surface area contributed by atoms with Crippen LogP contribution < -0.4 is 0 Å². The summed E-state index contributed by atoms with van der Waals surface area (Å²) in [5, 5.41) is 17.6. The fraction of sp³-hybridized carbons (Fsp3) is 0.375. The summed E-state index contributed by atoms with van der Waals surface area (Å²) >= 11 is 0. The Labute approximate surface area is 65.3 Å². The summed E-state index contributed by atoms with van der Waals surface area (Å²) in [4.78, 5) is 3.99. The molecule has 0 aliphatic carbocycles. The molecule has 0 aromatic carbocycles. The van der Waals surface area contributed by atoms with E-state index in [1.54, 1.807) is 12.3 Å². The molecule has 0 fully saturated rings. The Morgan fingerprint density at radius 1 is 1.27 bits per heavy atom. The second-order valence-electron chi connectivity index (χ2n) is 2.41. The normalized spacial score (nSPS) is 10.1. The van der Waals surface area contributed by atoms with Crippen LogP contribution in [0.15, 0.2) is 12.3 Å². The molecule has 0 bridgehead atoms. The van der Waals surface area contributed by atoms with Gasteiger partial charge < -0.3 is 10.2 Å². The summed E-state index contributed by atoms with van der Waals surface area (Å²) in [6.07, 6.45) is 1.58. The zero-order chi connectivity index (χ0) is 8.27. The lowest BCUT2D eigenvalue weighted by atomic mass is 10.1. The third-order valence-corrected chi connectivity index (χ3v) is 1.56. The summed E-state index contributed by atoms with van der Waals surface area (Å²) in [5.41, 5.74) is 2.30. The number of aliphatic hydroxyl groups is 2. The van der Waals surface area contributed by atoms with E-state index in [1.807, 2.05) is 6.92 Å². The van der Waals surface area contributed by atoms with Gasteiger partial charge in [-0.15, -0.1) is 0 Å². The van der Waals surface area contributed by atoms with Gasteiger partial charge in [0.2, 0.25) is 0 Å². The molecule has 0 amide bonds. The highest BCUT2D eigenvalue weighted by Gasteiger charge is 1.99. The Morgan fingerprint density at radius 3 is 2.45 bits per heavy atom. The van der Waals surface area contributed by atoms with E-state index in [2.05, 4.69) is 4.98 Å². The summed E-state index contributed by atoms with van der Waals surface area (Å²) < 4.78 is 0. The van der Waals surface area contributed by atoms with Crippen LogP contribution in [0.2, 0.25) is 0 Å². The van der Waals surface area contributed by atoms with Crippen LogP contribution in [0.25, 0.3) is 0 Å². The highest BCUT2D eigenvalue weighted by Crippen LogP contribution is 2.08. The third-order valence-electron chi connectivity index (χ3n) is 1.56. The molecule has 0 spiro atoms. The van der Waals surface area contributed by atoms with E-state index in [0.29, 0.717) is 5.56 Å². The van der Waals surface area contributed by atoms with Crippen molar-refractivity contribution in [3.8, 4) is 0 Å². The number of rotatable bonds is 2. The first-order chi connectivity index (χ1) is 5.27. The van der Waals surface area contributed by atoms with Gasteiger partial charge in [-0.25, -0.2) is 0 Å². The standard InChI is InChI=1S/C8H11NO2/c1-6-2-7(4-10)8(5-11)3-9-6/h2-3,10-11H,4-5H2,1H3. The second-order valence-corrected chi connectivity index (χ2v) is 2.41. The summed E-state index contributed by atoms with van der Waals surface area (Å²) in [5.74, 6) is 0. The molecular weight excluding hydrogens is 142 g/mol. The van der Waals surface area contributed by atoms with Gasteiger partial charge in [0.15, 0.2) is 0 Å². The fourth-order valence-electron chi connectivity index (χ4n) is 0.934. The Balaban J connectivity index is 3.06. The van der Waals surface area contributed by atoms with Crippen LogP contribution in [0.4, 0.5) is 0 Å². The highest BCUT2D eigenvalue weighted by molar-refractivity contribution is 5.24. The zero-order valence-corrected chi connectivity index (χ0v) is 6.41. The number of pyridine rings is 1. The average molecular weight is 153 g/mol. The molecule has 11 heavy (non-hydrogen) atoms. The van der Waals surface area contributed by atoms with Gasteiger partial charge in [0.25, 0.3) is 0 Å². The molecule has 3 heteroatoms. The average Bonchev–Trinajstić information content (AvgIpc) is 2.04. The van der Waals surface area contributed by atoms with Gasteiger partial charge in [-0.05, 0) is 18.6 Å². The van der Waals surface area contributed by atoms with Crippen molar-refractivity contribution in [2.24, 2.45) is 0 Å². The van der Waals surface area contributed by atoms with Crippen molar-refractivity contribution in [1.29, 1.82) is 0 Å². The largest absolute Gasteiger partial charge is 0.392 e. The van der Waals surface area contributed by atoms with Crippen molar-refractivity contribution in [2.75, 3.05) is 0 Å². The Kier molecular flexibility index (Phi) is 2.57. The van der Waals surface area contributed by atoms with E-state index in [-0.39, 0.29) is 13.2 Å². The fourth-order valence-corrected chi connectivity index (χ4v) is 0.934. The molecule has 1 rings (SSSR count). The first kappa shape index (κ1) is 8.17. The van der Waals surface area contributed by atoms with Gasteiger partial charge in [-0.3, -0.25) is 4.98 Å². The first-order valence-corrected chi connectivity index (χ1v) is 3.44. The molecular formula is C8H11NO2. The van der Waals surface area contributed by atoms with Gasteiger partial charge in [0, 0.05) is 17.5 Å². The van der Waals surface area contributed by atoms with Crippen molar-refractivity contribution in [3.05, 3.63) is 29.1 Å². The van der Waals surface area contributed by atoms with Crippen LogP contribution in [0.3, 0.4) is 0 Å². The number of hydrogen-bond donors (Lipinski definition) is 2. The maximum Gasteiger partial charge on any atom is 0.0700 e. The molecule has 0 saturated carbocycles. The van der Waals surface area contributed by atoms with E-state index in [4.69, 9.17) is 10.2 Å². The van der Waals surface area contributed by atoms with E-state index in [0.717, 1.165) is 11.3 Å². The predicted octanol–water partition coefficient (Wildman–Crippen LogP) is 0.375. The van der Waals surface area contributed by atoms with Gasteiger partial charge in [-0.1, -0.05) is 0 Å². The van der Waals surface area contributed by atoms with E-state index in [9.17, 15) is 0 Å². The second kappa shape index (κ2) is 3.46. The molecule has 3 nitrogen and oxygen atoms in total. The van der Waals surface area contributed by atoms with Crippen molar-refractivity contribution in [2.45, 2.75) is 20.1 Å². The number of aromatic nitrogens is 1. The molecule has 0 aliphatic heterocycles.